The standard InChI is InChI=1S/C23H26N2O7S/c1-5-15(2)25(33(29,30)19-12-10-18(31-3)11-13-19)20-14-21(26)24(22(20)27)17-8-6-16(7-9-17)23(28)32-4/h6-13,15,20H,5,14H2,1-4H3. The first-order valence-electron chi connectivity index (χ1n) is 10.4. The molecule has 33 heavy (non-hydrogen) atoms. The summed E-state index contributed by atoms with van der Waals surface area (Å²) in [5.41, 5.74) is 0.520. The molecule has 2 amide bonds. The van der Waals surface area contributed by atoms with Crippen LogP contribution in [0, 0.1) is 0 Å². The summed E-state index contributed by atoms with van der Waals surface area (Å²) in [5, 5.41) is 0. The number of hydrogen-bond donors (Lipinski definition) is 0. The summed E-state index contributed by atoms with van der Waals surface area (Å²) in [6.07, 6.45) is 0.165. The predicted octanol–water partition coefficient (Wildman–Crippen LogP) is 2.60. The second-order valence-electron chi connectivity index (χ2n) is 7.59. The van der Waals surface area contributed by atoms with Crippen LogP contribution in [0.15, 0.2) is 53.4 Å². The van der Waals surface area contributed by atoms with Crippen molar-refractivity contribution in [3.8, 4) is 5.75 Å². The van der Waals surface area contributed by atoms with Gasteiger partial charge in [-0.2, -0.15) is 4.31 Å². The van der Waals surface area contributed by atoms with Gasteiger partial charge in [-0.15, -0.1) is 0 Å². The van der Waals surface area contributed by atoms with Gasteiger partial charge in [-0.25, -0.2) is 18.1 Å². The molecule has 0 aromatic heterocycles. The summed E-state index contributed by atoms with van der Waals surface area (Å²) in [7, 11) is -1.36. The van der Waals surface area contributed by atoms with E-state index in [2.05, 4.69) is 4.74 Å². The fourth-order valence-electron chi connectivity index (χ4n) is 3.71. The van der Waals surface area contributed by atoms with Crippen molar-refractivity contribution in [3.63, 3.8) is 0 Å². The molecule has 2 unspecified atom stereocenters. The normalized spacial score (nSPS) is 17.4. The number of imide groups is 1. The van der Waals surface area contributed by atoms with E-state index in [1.807, 2.05) is 6.92 Å². The highest BCUT2D eigenvalue weighted by atomic mass is 32.2. The third-order valence-electron chi connectivity index (χ3n) is 5.64. The molecule has 2 atom stereocenters. The number of nitrogens with zero attached hydrogens (tertiary/aromatic N) is 2. The molecule has 0 saturated carbocycles. The fraction of sp³-hybridized carbons (Fsp3) is 0.348. The van der Waals surface area contributed by atoms with Crippen molar-refractivity contribution in [2.24, 2.45) is 0 Å². The summed E-state index contributed by atoms with van der Waals surface area (Å²) in [6, 6.07) is 9.95. The van der Waals surface area contributed by atoms with Crippen LogP contribution in [0.2, 0.25) is 0 Å². The zero-order valence-corrected chi connectivity index (χ0v) is 19.7. The summed E-state index contributed by atoms with van der Waals surface area (Å²) in [5.74, 6) is -1.21. The van der Waals surface area contributed by atoms with Gasteiger partial charge in [0.05, 0.1) is 36.8 Å². The van der Waals surface area contributed by atoms with Gasteiger partial charge >= 0.3 is 5.97 Å². The van der Waals surface area contributed by atoms with E-state index in [1.54, 1.807) is 6.92 Å². The molecule has 9 nitrogen and oxygen atoms in total. The molecule has 0 N–H and O–H groups in total. The Bertz CT molecular complexity index is 1140. The van der Waals surface area contributed by atoms with E-state index in [1.165, 1.54) is 62.8 Å². The third-order valence-corrected chi connectivity index (χ3v) is 7.67. The highest BCUT2D eigenvalue weighted by Crippen LogP contribution is 2.32. The van der Waals surface area contributed by atoms with Gasteiger partial charge in [0.15, 0.2) is 0 Å². The largest absolute Gasteiger partial charge is 0.497 e. The number of amides is 2. The lowest BCUT2D eigenvalue weighted by Gasteiger charge is -2.31. The van der Waals surface area contributed by atoms with Gasteiger partial charge in [0, 0.05) is 6.04 Å². The molecule has 0 spiro atoms. The number of sulfonamides is 1. The Balaban J connectivity index is 1.96. The van der Waals surface area contributed by atoms with Crippen LogP contribution in [-0.2, 0) is 24.3 Å². The third kappa shape index (κ3) is 4.62. The molecule has 1 aliphatic rings. The molecule has 0 aliphatic carbocycles. The zero-order chi connectivity index (χ0) is 24.3. The molecule has 1 saturated heterocycles. The number of benzene rings is 2. The quantitative estimate of drug-likeness (QED) is 0.427. The summed E-state index contributed by atoms with van der Waals surface area (Å²) in [6.45, 7) is 3.51. The summed E-state index contributed by atoms with van der Waals surface area (Å²) in [4.78, 5) is 38.8. The van der Waals surface area contributed by atoms with Crippen molar-refractivity contribution in [2.75, 3.05) is 19.1 Å². The monoisotopic (exact) mass is 474 g/mol. The molecule has 0 bridgehead atoms. The highest BCUT2D eigenvalue weighted by Gasteiger charge is 2.48. The van der Waals surface area contributed by atoms with Crippen LogP contribution in [0.4, 0.5) is 5.69 Å². The van der Waals surface area contributed by atoms with Gasteiger partial charge in [0.2, 0.25) is 15.9 Å². The van der Waals surface area contributed by atoms with E-state index in [4.69, 9.17) is 4.74 Å². The zero-order valence-electron chi connectivity index (χ0n) is 18.8. The van der Waals surface area contributed by atoms with Crippen LogP contribution in [0.3, 0.4) is 0 Å². The topological polar surface area (TPSA) is 110 Å². The Morgan fingerprint density at radius 1 is 1.09 bits per heavy atom. The second-order valence-corrected chi connectivity index (χ2v) is 9.44. The van der Waals surface area contributed by atoms with Crippen LogP contribution in [0.5, 0.6) is 5.75 Å². The van der Waals surface area contributed by atoms with Crippen LogP contribution < -0.4 is 9.64 Å². The Morgan fingerprint density at radius 2 is 1.70 bits per heavy atom. The number of rotatable bonds is 8. The van der Waals surface area contributed by atoms with Crippen molar-refractivity contribution in [3.05, 3.63) is 54.1 Å². The minimum Gasteiger partial charge on any atom is -0.497 e. The molecule has 2 aromatic carbocycles. The summed E-state index contributed by atoms with van der Waals surface area (Å²) < 4.78 is 37.9. The smallest absolute Gasteiger partial charge is 0.337 e. The van der Waals surface area contributed by atoms with E-state index in [9.17, 15) is 22.8 Å². The fourth-order valence-corrected chi connectivity index (χ4v) is 5.56. The van der Waals surface area contributed by atoms with Gasteiger partial charge in [0.1, 0.15) is 11.8 Å². The van der Waals surface area contributed by atoms with Crippen LogP contribution in [0.1, 0.15) is 37.0 Å². The average molecular weight is 475 g/mol. The van der Waals surface area contributed by atoms with Gasteiger partial charge in [-0.1, -0.05) is 6.92 Å². The number of hydrogen-bond acceptors (Lipinski definition) is 7. The molecule has 2 aromatic rings. The maximum atomic E-state index is 13.5. The van der Waals surface area contributed by atoms with Crippen molar-refractivity contribution in [2.45, 2.75) is 43.7 Å². The maximum absolute atomic E-state index is 13.5. The van der Waals surface area contributed by atoms with Crippen molar-refractivity contribution < 1.29 is 32.3 Å². The van der Waals surface area contributed by atoms with Gasteiger partial charge in [-0.05, 0) is 61.9 Å². The highest BCUT2D eigenvalue weighted by molar-refractivity contribution is 7.89. The van der Waals surface area contributed by atoms with E-state index < -0.39 is 39.9 Å². The molecule has 1 fully saturated rings. The lowest BCUT2D eigenvalue weighted by atomic mass is 10.2. The number of carbonyl (C=O) groups excluding carboxylic acids is 3. The predicted molar refractivity (Wildman–Crippen MR) is 120 cm³/mol. The van der Waals surface area contributed by atoms with Crippen LogP contribution in [0.25, 0.3) is 0 Å². The van der Waals surface area contributed by atoms with Crippen molar-refractivity contribution in [1.29, 1.82) is 0 Å². The molecule has 10 heteroatoms. The second kappa shape index (κ2) is 9.72. The van der Waals surface area contributed by atoms with E-state index >= 15 is 0 Å². The number of methoxy groups -OCH3 is 2. The van der Waals surface area contributed by atoms with E-state index in [0.717, 1.165) is 9.21 Å². The number of anilines is 1. The van der Waals surface area contributed by atoms with Crippen LogP contribution >= 0.6 is 0 Å². The molecular weight excluding hydrogens is 448 g/mol. The first kappa shape index (κ1) is 24.4. The first-order chi connectivity index (χ1) is 15.6. The lowest BCUT2D eigenvalue weighted by Crippen LogP contribution is -2.49. The Morgan fingerprint density at radius 3 is 2.21 bits per heavy atom. The first-order valence-corrected chi connectivity index (χ1v) is 11.8. The van der Waals surface area contributed by atoms with Gasteiger partial charge in [-0.3, -0.25) is 9.59 Å². The maximum Gasteiger partial charge on any atom is 0.337 e. The van der Waals surface area contributed by atoms with Gasteiger partial charge in [0.25, 0.3) is 5.91 Å². The number of esters is 1. The van der Waals surface area contributed by atoms with E-state index in [0.29, 0.717) is 12.2 Å². The van der Waals surface area contributed by atoms with Crippen molar-refractivity contribution in [1.82, 2.24) is 4.31 Å². The Kier molecular flexibility index (Phi) is 7.19. The van der Waals surface area contributed by atoms with Crippen molar-refractivity contribution >= 4 is 33.5 Å². The molecular formula is C23H26N2O7S. The lowest BCUT2D eigenvalue weighted by molar-refractivity contribution is -0.122. The number of ether oxygens (including phenoxy) is 2. The Labute approximate surface area is 192 Å². The van der Waals surface area contributed by atoms with Gasteiger partial charge < -0.3 is 9.47 Å². The minimum atomic E-state index is -4.09. The molecule has 1 heterocycles. The molecule has 0 radical (unpaired) electrons. The molecule has 176 valence electrons. The summed E-state index contributed by atoms with van der Waals surface area (Å²) >= 11 is 0. The Hall–Kier alpha value is -3.24. The van der Waals surface area contributed by atoms with Crippen LogP contribution in [-0.4, -0.2) is 56.8 Å². The average Bonchev–Trinajstić information content (AvgIpc) is 3.11. The van der Waals surface area contributed by atoms with E-state index in [-0.39, 0.29) is 22.6 Å². The number of carbonyl (C=O) groups is 3. The molecule has 1 aliphatic heterocycles. The SMILES string of the molecule is CCC(C)N(C1CC(=O)N(c2ccc(C(=O)OC)cc2)C1=O)S(=O)(=O)c1ccc(OC)cc1. The minimum absolute atomic E-state index is 0.00438. The molecule has 3 rings (SSSR count).